The summed E-state index contributed by atoms with van der Waals surface area (Å²) in [5.41, 5.74) is 1.54. The van der Waals surface area contributed by atoms with Crippen LogP contribution in [-0.2, 0) is 9.84 Å². The van der Waals surface area contributed by atoms with Gasteiger partial charge in [-0.05, 0) is 68.7 Å². The minimum atomic E-state index is -3.27. The Balaban J connectivity index is 2.04. The molecule has 1 amide bonds. The summed E-state index contributed by atoms with van der Waals surface area (Å²) >= 11 is 0. The average Bonchev–Trinajstić information content (AvgIpc) is 2.73. The van der Waals surface area contributed by atoms with Gasteiger partial charge >= 0.3 is 0 Å². The molecule has 29 heavy (non-hydrogen) atoms. The number of carbonyl (C=O) groups excluding carboxylic acids is 1. The number of rotatable bonds is 11. The van der Waals surface area contributed by atoms with E-state index in [1.165, 1.54) is 12.1 Å². The molecule has 0 fully saturated rings. The molecule has 2 rings (SSSR count). The predicted molar refractivity (Wildman–Crippen MR) is 118 cm³/mol. The number of hydrogen-bond donors (Lipinski definition) is 1. The third kappa shape index (κ3) is 7.29. The molecule has 1 N–H and O–H groups in total. The zero-order valence-electron chi connectivity index (χ0n) is 17.6. The highest BCUT2D eigenvalue weighted by Crippen LogP contribution is 2.20. The fraction of sp³-hybridized carbons (Fsp3) is 0.435. The SMILES string of the molecule is CCN(CC)CCCCC(NC(=O)c1ccc(S(C)(=O)=O)cc1)c1ccccc1. The van der Waals surface area contributed by atoms with E-state index in [2.05, 4.69) is 24.1 Å². The summed E-state index contributed by atoms with van der Waals surface area (Å²) in [5, 5.41) is 3.12. The van der Waals surface area contributed by atoms with E-state index >= 15 is 0 Å². The standard InChI is InChI=1S/C23H32N2O3S/c1-4-25(5-2)18-10-9-13-22(19-11-7-6-8-12-19)24-23(26)20-14-16-21(17-15-20)29(3,27)28/h6-8,11-12,14-17,22H,4-5,9-10,13,18H2,1-3H3,(H,24,26). The van der Waals surface area contributed by atoms with Gasteiger partial charge in [-0.25, -0.2) is 8.42 Å². The highest BCUT2D eigenvalue weighted by molar-refractivity contribution is 7.90. The molecule has 0 aliphatic rings. The van der Waals surface area contributed by atoms with Crippen LogP contribution in [0.1, 0.15) is 55.1 Å². The van der Waals surface area contributed by atoms with E-state index in [-0.39, 0.29) is 16.8 Å². The summed E-state index contributed by atoms with van der Waals surface area (Å²) in [4.78, 5) is 15.4. The van der Waals surface area contributed by atoms with Crippen molar-refractivity contribution in [2.75, 3.05) is 25.9 Å². The molecule has 0 saturated heterocycles. The highest BCUT2D eigenvalue weighted by Gasteiger charge is 2.16. The van der Waals surface area contributed by atoms with Crippen LogP contribution in [-0.4, -0.2) is 45.1 Å². The van der Waals surface area contributed by atoms with Crippen molar-refractivity contribution >= 4 is 15.7 Å². The molecular formula is C23H32N2O3S. The van der Waals surface area contributed by atoms with Crippen molar-refractivity contribution in [3.63, 3.8) is 0 Å². The molecule has 5 nitrogen and oxygen atoms in total. The lowest BCUT2D eigenvalue weighted by Gasteiger charge is -2.21. The van der Waals surface area contributed by atoms with Crippen LogP contribution < -0.4 is 5.32 Å². The van der Waals surface area contributed by atoms with E-state index in [0.29, 0.717) is 5.56 Å². The van der Waals surface area contributed by atoms with Crippen LogP contribution in [0.4, 0.5) is 0 Å². The molecule has 1 unspecified atom stereocenters. The lowest BCUT2D eigenvalue weighted by Crippen LogP contribution is -2.29. The Hall–Kier alpha value is -2.18. The van der Waals surface area contributed by atoms with E-state index in [1.54, 1.807) is 12.1 Å². The van der Waals surface area contributed by atoms with Gasteiger partial charge in [0.25, 0.3) is 5.91 Å². The van der Waals surface area contributed by atoms with Gasteiger partial charge in [-0.3, -0.25) is 4.79 Å². The first kappa shape index (κ1) is 23.1. The maximum atomic E-state index is 12.8. The Morgan fingerprint density at radius 1 is 0.966 bits per heavy atom. The van der Waals surface area contributed by atoms with Gasteiger partial charge in [-0.1, -0.05) is 44.2 Å². The minimum absolute atomic E-state index is 0.0741. The molecule has 2 aromatic carbocycles. The number of nitrogens with one attached hydrogen (secondary N) is 1. The van der Waals surface area contributed by atoms with Crippen LogP contribution in [0.15, 0.2) is 59.5 Å². The number of sulfone groups is 1. The summed E-state index contributed by atoms with van der Waals surface area (Å²) in [6, 6.07) is 16.0. The average molecular weight is 417 g/mol. The number of unbranched alkanes of at least 4 members (excludes halogenated alkanes) is 1. The first-order chi connectivity index (χ1) is 13.8. The summed E-state index contributed by atoms with van der Waals surface area (Å²) < 4.78 is 23.2. The normalized spacial score (nSPS) is 12.7. The number of amides is 1. The van der Waals surface area contributed by atoms with E-state index < -0.39 is 9.84 Å². The Labute approximate surface area is 175 Å². The number of nitrogens with zero attached hydrogens (tertiary/aromatic N) is 1. The molecule has 6 heteroatoms. The fourth-order valence-corrected chi connectivity index (χ4v) is 3.96. The zero-order valence-corrected chi connectivity index (χ0v) is 18.4. The quantitative estimate of drug-likeness (QED) is 0.561. The molecule has 158 valence electrons. The summed E-state index contributed by atoms with van der Waals surface area (Å²) in [6.07, 6.45) is 4.12. The summed E-state index contributed by atoms with van der Waals surface area (Å²) in [5.74, 6) is -0.192. The minimum Gasteiger partial charge on any atom is -0.345 e. The van der Waals surface area contributed by atoms with Crippen molar-refractivity contribution in [1.29, 1.82) is 0 Å². The molecule has 1 atom stereocenters. The molecule has 2 aromatic rings. The van der Waals surface area contributed by atoms with E-state index in [1.807, 2.05) is 30.3 Å². The molecule has 0 spiro atoms. The Morgan fingerprint density at radius 2 is 1.59 bits per heavy atom. The van der Waals surface area contributed by atoms with Crippen molar-refractivity contribution in [1.82, 2.24) is 10.2 Å². The maximum absolute atomic E-state index is 12.8. The molecular weight excluding hydrogens is 384 g/mol. The molecule has 0 bridgehead atoms. The second-order valence-electron chi connectivity index (χ2n) is 7.26. The molecule has 0 aromatic heterocycles. The summed E-state index contributed by atoms with van der Waals surface area (Å²) in [6.45, 7) is 7.52. The van der Waals surface area contributed by atoms with E-state index in [0.717, 1.165) is 50.7 Å². The van der Waals surface area contributed by atoms with Crippen molar-refractivity contribution in [2.45, 2.75) is 44.0 Å². The van der Waals surface area contributed by atoms with Gasteiger partial charge < -0.3 is 10.2 Å². The van der Waals surface area contributed by atoms with Gasteiger partial charge in [-0.15, -0.1) is 0 Å². The van der Waals surface area contributed by atoms with Crippen LogP contribution in [0.3, 0.4) is 0 Å². The second-order valence-corrected chi connectivity index (χ2v) is 9.27. The van der Waals surface area contributed by atoms with E-state index in [4.69, 9.17) is 0 Å². The largest absolute Gasteiger partial charge is 0.345 e. The van der Waals surface area contributed by atoms with Gasteiger partial charge in [0.2, 0.25) is 0 Å². The smallest absolute Gasteiger partial charge is 0.251 e. The Morgan fingerprint density at radius 3 is 2.14 bits per heavy atom. The Kier molecular flexibility index (Phi) is 8.86. The van der Waals surface area contributed by atoms with Gasteiger partial charge in [0, 0.05) is 11.8 Å². The monoisotopic (exact) mass is 416 g/mol. The van der Waals surface area contributed by atoms with Crippen LogP contribution in [0.2, 0.25) is 0 Å². The molecule has 0 saturated carbocycles. The molecule has 0 heterocycles. The lowest BCUT2D eigenvalue weighted by atomic mass is 10.00. The third-order valence-corrected chi connectivity index (χ3v) is 6.29. The van der Waals surface area contributed by atoms with Gasteiger partial charge in [-0.2, -0.15) is 0 Å². The van der Waals surface area contributed by atoms with E-state index in [9.17, 15) is 13.2 Å². The topological polar surface area (TPSA) is 66.5 Å². The van der Waals surface area contributed by atoms with Gasteiger partial charge in [0.05, 0.1) is 10.9 Å². The number of hydrogen-bond acceptors (Lipinski definition) is 4. The highest BCUT2D eigenvalue weighted by atomic mass is 32.2. The van der Waals surface area contributed by atoms with Gasteiger partial charge in [0.1, 0.15) is 0 Å². The van der Waals surface area contributed by atoms with Gasteiger partial charge in [0.15, 0.2) is 9.84 Å². The first-order valence-corrected chi connectivity index (χ1v) is 12.1. The first-order valence-electron chi connectivity index (χ1n) is 10.2. The van der Waals surface area contributed by atoms with Crippen LogP contribution in [0.5, 0.6) is 0 Å². The fourth-order valence-electron chi connectivity index (χ4n) is 3.33. The van der Waals surface area contributed by atoms with Crippen LogP contribution >= 0.6 is 0 Å². The maximum Gasteiger partial charge on any atom is 0.251 e. The third-order valence-electron chi connectivity index (χ3n) is 5.16. The van der Waals surface area contributed by atoms with Crippen LogP contribution in [0, 0.1) is 0 Å². The van der Waals surface area contributed by atoms with Crippen molar-refractivity contribution in [3.8, 4) is 0 Å². The predicted octanol–water partition coefficient (Wildman–Crippen LogP) is 4.07. The van der Waals surface area contributed by atoms with Crippen LogP contribution in [0.25, 0.3) is 0 Å². The Bertz CT molecular complexity index is 861. The van der Waals surface area contributed by atoms with Crippen molar-refractivity contribution in [2.24, 2.45) is 0 Å². The molecule has 0 aliphatic carbocycles. The zero-order chi connectivity index (χ0) is 21.3. The number of benzene rings is 2. The molecule has 0 radical (unpaired) electrons. The molecule has 0 aliphatic heterocycles. The second kappa shape index (κ2) is 11.1. The lowest BCUT2D eigenvalue weighted by molar-refractivity contribution is 0.0933. The van der Waals surface area contributed by atoms with Crippen molar-refractivity contribution in [3.05, 3.63) is 65.7 Å². The van der Waals surface area contributed by atoms with Crippen molar-refractivity contribution < 1.29 is 13.2 Å². The summed E-state index contributed by atoms with van der Waals surface area (Å²) in [7, 11) is -3.27. The number of carbonyl (C=O) groups is 1.